The van der Waals surface area contributed by atoms with Gasteiger partial charge in [-0.1, -0.05) is 25.4 Å². The minimum Gasteiger partial charge on any atom is -0.386 e. The Morgan fingerprint density at radius 2 is 1.86 bits per heavy atom. The van der Waals surface area contributed by atoms with Crippen LogP contribution in [0.4, 0.5) is 0 Å². The van der Waals surface area contributed by atoms with E-state index in [2.05, 4.69) is 18.9 Å². The Morgan fingerprint density at radius 1 is 1.24 bits per heavy atom. The van der Waals surface area contributed by atoms with Gasteiger partial charge in [0, 0.05) is 12.5 Å². The summed E-state index contributed by atoms with van der Waals surface area (Å²) in [6.07, 6.45) is 8.60. The van der Waals surface area contributed by atoms with Crippen molar-refractivity contribution in [1.82, 2.24) is 9.78 Å². The minimum atomic E-state index is -0.487. The first-order valence-electron chi connectivity index (χ1n) is 8.10. The zero-order valence-corrected chi connectivity index (χ0v) is 14.0. The van der Waals surface area contributed by atoms with Crippen molar-refractivity contribution in [3.8, 4) is 0 Å². The number of rotatable bonds is 2. The normalized spacial score (nSPS) is 46.0. The second-order valence-corrected chi connectivity index (χ2v) is 9.30. The third-order valence-corrected chi connectivity index (χ3v) is 6.74. The van der Waals surface area contributed by atoms with Gasteiger partial charge in [0.05, 0.1) is 16.9 Å². The van der Waals surface area contributed by atoms with E-state index in [1.807, 2.05) is 7.05 Å². The molecule has 116 valence electrons. The van der Waals surface area contributed by atoms with Crippen LogP contribution in [0.15, 0.2) is 6.20 Å². The average molecular weight is 309 g/mol. The fraction of sp³-hybridized carbons (Fsp3) is 0.824. The Hall–Kier alpha value is -0.540. The maximum absolute atomic E-state index is 11.2. The lowest BCUT2D eigenvalue weighted by atomic mass is 9.39. The van der Waals surface area contributed by atoms with Crippen LogP contribution >= 0.6 is 11.6 Å². The molecular weight excluding hydrogens is 284 g/mol. The number of aliphatic hydroxyl groups is 1. The van der Waals surface area contributed by atoms with Gasteiger partial charge in [-0.15, -0.1) is 0 Å². The van der Waals surface area contributed by atoms with Crippen LogP contribution in [0.2, 0.25) is 5.02 Å². The van der Waals surface area contributed by atoms with Crippen molar-refractivity contribution in [2.24, 2.45) is 29.2 Å². The van der Waals surface area contributed by atoms with Gasteiger partial charge in [-0.2, -0.15) is 5.10 Å². The summed E-state index contributed by atoms with van der Waals surface area (Å²) in [5.74, 6) is 0.776. The molecular formula is C17H25ClN2O. The topological polar surface area (TPSA) is 38.0 Å². The lowest BCUT2D eigenvalue weighted by Crippen LogP contribution is -2.57. The van der Waals surface area contributed by atoms with Crippen molar-refractivity contribution in [2.75, 3.05) is 0 Å². The molecule has 0 radical (unpaired) electrons. The van der Waals surface area contributed by atoms with Gasteiger partial charge in [-0.05, 0) is 55.3 Å². The first-order chi connectivity index (χ1) is 9.74. The minimum absolute atomic E-state index is 0.000347. The molecule has 1 aromatic rings. The molecule has 0 saturated heterocycles. The highest BCUT2D eigenvalue weighted by Gasteiger charge is 2.62. The molecule has 0 amide bonds. The molecule has 4 aliphatic rings. The molecule has 21 heavy (non-hydrogen) atoms. The molecule has 3 atom stereocenters. The fourth-order valence-electron chi connectivity index (χ4n) is 6.86. The van der Waals surface area contributed by atoms with Gasteiger partial charge in [0.2, 0.25) is 0 Å². The quantitative estimate of drug-likeness (QED) is 0.893. The summed E-state index contributed by atoms with van der Waals surface area (Å²) in [7, 11) is 1.88. The van der Waals surface area contributed by atoms with Crippen LogP contribution in [0.1, 0.15) is 64.2 Å². The van der Waals surface area contributed by atoms with Crippen molar-refractivity contribution in [3.05, 3.63) is 16.9 Å². The number of aromatic nitrogens is 2. The highest BCUT2D eigenvalue weighted by atomic mass is 35.5. The van der Waals surface area contributed by atoms with Gasteiger partial charge >= 0.3 is 0 Å². The van der Waals surface area contributed by atoms with Crippen LogP contribution in [0.25, 0.3) is 0 Å². The van der Waals surface area contributed by atoms with Crippen molar-refractivity contribution in [2.45, 2.75) is 58.5 Å². The highest BCUT2D eigenvalue weighted by molar-refractivity contribution is 6.31. The molecule has 1 N–H and O–H groups in total. The smallest absolute Gasteiger partial charge is 0.103 e. The van der Waals surface area contributed by atoms with E-state index < -0.39 is 6.10 Å². The number of halogens is 1. The lowest BCUT2D eigenvalue weighted by Gasteiger charge is -2.66. The molecule has 4 fully saturated rings. The monoisotopic (exact) mass is 308 g/mol. The molecule has 0 aromatic carbocycles. The standard InChI is InChI=1S/C17H25ClN2O/c1-15-4-11-5-16(2,8-15)10-17(6-11,9-15)14(21)13-12(18)7-19-20(13)3/h7,11,14,21H,4-6,8-10H2,1-3H3. The Kier molecular flexibility index (Phi) is 2.72. The second kappa shape index (κ2) is 4.05. The van der Waals surface area contributed by atoms with Crippen LogP contribution in [0.3, 0.4) is 0 Å². The van der Waals surface area contributed by atoms with E-state index in [0.717, 1.165) is 30.9 Å². The third kappa shape index (κ3) is 1.93. The Balaban J connectivity index is 1.77. The van der Waals surface area contributed by atoms with Crippen molar-refractivity contribution in [3.63, 3.8) is 0 Å². The molecule has 4 bridgehead atoms. The summed E-state index contributed by atoms with van der Waals surface area (Å²) in [4.78, 5) is 0. The fourth-order valence-corrected chi connectivity index (χ4v) is 7.13. The van der Waals surface area contributed by atoms with Crippen molar-refractivity contribution >= 4 is 11.6 Å². The van der Waals surface area contributed by atoms with E-state index >= 15 is 0 Å². The van der Waals surface area contributed by atoms with Crippen molar-refractivity contribution in [1.29, 1.82) is 0 Å². The number of aliphatic hydroxyl groups excluding tert-OH is 1. The van der Waals surface area contributed by atoms with E-state index in [9.17, 15) is 5.11 Å². The van der Waals surface area contributed by atoms with Crippen LogP contribution in [-0.4, -0.2) is 14.9 Å². The SMILES string of the molecule is Cn1ncc(Cl)c1C(O)C12CC3CC(C)(CC(C)(C3)C1)C2. The molecule has 4 saturated carbocycles. The lowest BCUT2D eigenvalue weighted by molar-refractivity contribution is -0.188. The zero-order valence-electron chi connectivity index (χ0n) is 13.2. The van der Waals surface area contributed by atoms with Gasteiger partial charge in [-0.25, -0.2) is 0 Å². The maximum atomic E-state index is 11.2. The summed E-state index contributed by atoms with van der Waals surface area (Å²) in [5.41, 5.74) is 1.62. The average Bonchev–Trinajstić information content (AvgIpc) is 2.63. The molecule has 0 spiro atoms. The summed E-state index contributed by atoms with van der Waals surface area (Å²) in [5, 5.41) is 16.1. The van der Waals surface area contributed by atoms with E-state index in [1.54, 1.807) is 10.9 Å². The molecule has 1 heterocycles. The molecule has 4 heteroatoms. The Morgan fingerprint density at radius 3 is 2.33 bits per heavy atom. The second-order valence-electron chi connectivity index (χ2n) is 8.90. The zero-order chi connectivity index (χ0) is 15.0. The molecule has 3 nitrogen and oxygen atoms in total. The summed E-state index contributed by atoms with van der Waals surface area (Å²) in [6, 6.07) is 0. The van der Waals surface area contributed by atoms with E-state index in [0.29, 0.717) is 15.9 Å². The number of hydrogen-bond donors (Lipinski definition) is 1. The Bertz CT molecular complexity index is 558. The van der Waals surface area contributed by atoms with Crippen LogP contribution < -0.4 is 0 Å². The predicted molar refractivity (Wildman–Crippen MR) is 83.0 cm³/mol. The van der Waals surface area contributed by atoms with E-state index in [1.165, 1.54) is 19.3 Å². The molecule has 5 rings (SSSR count). The third-order valence-electron chi connectivity index (χ3n) is 6.45. The van der Waals surface area contributed by atoms with Gasteiger partial charge in [0.25, 0.3) is 0 Å². The van der Waals surface area contributed by atoms with E-state index in [4.69, 9.17) is 11.6 Å². The van der Waals surface area contributed by atoms with Crippen LogP contribution in [0.5, 0.6) is 0 Å². The Labute approximate surface area is 131 Å². The van der Waals surface area contributed by atoms with E-state index in [-0.39, 0.29) is 5.41 Å². The van der Waals surface area contributed by atoms with Crippen LogP contribution in [0, 0.1) is 22.2 Å². The van der Waals surface area contributed by atoms with Gasteiger partial charge in [0.15, 0.2) is 0 Å². The number of aryl methyl sites for hydroxylation is 1. The molecule has 3 unspecified atom stereocenters. The summed E-state index contributed by atoms with van der Waals surface area (Å²) in [6.45, 7) is 4.87. The first kappa shape index (κ1) is 14.1. The van der Waals surface area contributed by atoms with Crippen molar-refractivity contribution < 1.29 is 5.11 Å². The summed E-state index contributed by atoms with van der Waals surface area (Å²) < 4.78 is 1.76. The molecule has 4 aliphatic carbocycles. The van der Waals surface area contributed by atoms with Gasteiger partial charge in [-0.3, -0.25) is 4.68 Å². The van der Waals surface area contributed by atoms with Crippen LogP contribution in [-0.2, 0) is 7.05 Å². The number of hydrogen-bond acceptors (Lipinski definition) is 2. The highest BCUT2D eigenvalue weighted by Crippen LogP contribution is 2.72. The number of nitrogens with zero attached hydrogens (tertiary/aromatic N) is 2. The molecule has 0 aliphatic heterocycles. The summed E-state index contributed by atoms with van der Waals surface area (Å²) >= 11 is 6.31. The first-order valence-corrected chi connectivity index (χ1v) is 8.48. The van der Waals surface area contributed by atoms with Gasteiger partial charge in [0.1, 0.15) is 6.10 Å². The predicted octanol–water partition coefficient (Wildman–Crippen LogP) is 4.10. The van der Waals surface area contributed by atoms with Gasteiger partial charge < -0.3 is 5.11 Å². The maximum Gasteiger partial charge on any atom is 0.103 e. The largest absolute Gasteiger partial charge is 0.386 e. The molecule has 1 aromatic heterocycles.